The van der Waals surface area contributed by atoms with E-state index in [0.29, 0.717) is 11.1 Å². The Morgan fingerprint density at radius 2 is 2.06 bits per heavy atom. The second kappa shape index (κ2) is 4.43. The highest BCUT2D eigenvalue weighted by Gasteiger charge is 2.20. The smallest absolute Gasteiger partial charge is 0.163 e. The van der Waals surface area contributed by atoms with Crippen LogP contribution < -0.4 is 5.32 Å². The zero-order valence-electron chi connectivity index (χ0n) is 11.5. The van der Waals surface area contributed by atoms with Gasteiger partial charge in [0.25, 0.3) is 0 Å². The molecule has 0 aliphatic heterocycles. The van der Waals surface area contributed by atoms with Gasteiger partial charge in [0.05, 0.1) is 11.3 Å². The standard InChI is InChI=1S/C13H19ClN4/c1-8(13(2,3)4)16-10-6-9(14)11-12(17-10)18(5)7-15-11/h6-8H,1-5H3,(H,16,17)/t8-/m0/s1. The molecule has 0 aliphatic rings. The molecule has 0 saturated carbocycles. The van der Waals surface area contributed by atoms with Gasteiger partial charge in [-0.15, -0.1) is 0 Å². The Labute approximate surface area is 112 Å². The number of pyridine rings is 1. The molecule has 2 rings (SSSR count). The van der Waals surface area contributed by atoms with E-state index in [4.69, 9.17) is 11.6 Å². The predicted octanol–water partition coefficient (Wildman–Crippen LogP) is 3.47. The molecule has 98 valence electrons. The summed E-state index contributed by atoms with van der Waals surface area (Å²) in [5.41, 5.74) is 1.70. The van der Waals surface area contributed by atoms with Crippen molar-refractivity contribution in [2.24, 2.45) is 12.5 Å². The van der Waals surface area contributed by atoms with Crippen LogP contribution in [0.5, 0.6) is 0 Å². The molecule has 0 aromatic carbocycles. The molecule has 2 aromatic rings. The molecule has 0 radical (unpaired) electrons. The van der Waals surface area contributed by atoms with Gasteiger partial charge in [0.2, 0.25) is 0 Å². The summed E-state index contributed by atoms with van der Waals surface area (Å²) >= 11 is 6.22. The highest BCUT2D eigenvalue weighted by molar-refractivity contribution is 6.35. The van der Waals surface area contributed by atoms with Crippen molar-refractivity contribution in [1.82, 2.24) is 14.5 Å². The van der Waals surface area contributed by atoms with Crippen molar-refractivity contribution in [3.63, 3.8) is 0 Å². The van der Waals surface area contributed by atoms with Crippen molar-refractivity contribution in [1.29, 1.82) is 0 Å². The number of nitrogens with zero attached hydrogens (tertiary/aromatic N) is 3. The number of imidazole rings is 1. The molecule has 2 aromatic heterocycles. The maximum atomic E-state index is 6.22. The average molecular weight is 267 g/mol. The van der Waals surface area contributed by atoms with Crippen molar-refractivity contribution >= 4 is 28.6 Å². The first-order valence-corrected chi connectivity index (χ1v) is 6.41. The van der Waals surface area contributed by atoms with Crippen LogP contribution in [0.25, 0.3) is 11.2 Å². The van der Waals surface area contributed by atoms with Gasteiger partial charge >= 0.3 is 0 Å². The summed E-state index contributed by atoms with van der Waals surface area (Å²) in [7, 11) is 1.91. The molecule has 0 fully saturated rings. The van der Waals surface area contributed by atoms with E-state index in [1.54, 1.807) is 6.33 Å². The number of hydrogen-bond acceptors (Lipinski definition) is 3. The average Bonchev–Trinajstić information content (AvgIpc) is 2.60. The van der Waals surface area contributed by atoms with Crippen molar-refractivity contribution < 1.29 is 0 Å². The molecule has 0 saturated heterocycles. The lowest BCUT2D eigenvalue weighted by atomic mass is 9.88. The molecule has 0 unspecified atom stereocenters. The molecule has 1 N–H and O–H groups in total. The molecule has 0 bridgehead atoms. The molecule has 0 aliphatic carbocycles. The molecular weight excluding hydrogens is 248 g/mol. The van der Waals surface area contributed by atoms with Gasteiger partial charge in [-0.05, 0) is 12.3 Å². The van der Waals surface area contributed by atoms with E-state index in [1.165, 1.54) is 0 Å². The number of hydrogen-bond donors (Lipinski definition) is 1. The van der Waals surface area contributed by atoms with Gasteiger partial charge in [-0.2, -0.15) is 0 Å². The molecule has 2 heterocycles. The number of aryl methyl sites for hydroxylation is 1. The minimum absolute atomic E-state index is 0.162. The Kier molecular flexibility index (Phi) is 3.23. The fraction of sp³-hybridized carbons (Fsp3) is 0.538. The molecule has 5 heteroatoms. The summed E-state index contributed by atoms with van der Waals surface area (Å²) in [4.78, 5) is 8.78. The monoisotopic (exact) mass is 266 g/mol. The van der Waals surface area contributed by atoms with Gasteiger partial charge < -0.3 is 9.88 Å². The Morgan fingerprint density at radius 1 is 1.39 bits per heavy atom. The zero-order chi connectivity index (χ0) is 13.5. The van der Waals surface area contributed by atoms with Crippen LogP contribution in [0.2, 0.25) is 5.02 Å². The molecular formula is C13H19ClN4. The van der Waals surface area contributed by atoms with E-state index in [9.17, 15) is 0 Å². The lowest BCUT2D eigenvalue weighted by Gasteiger charge is -2.28. The van der Waals surface area contributed by atoms with Gasteiger partial charge in [0, 0.05) is 19.2 Å². The van der Waals surface area contributed by atoms with E-state index >= 15 is 0 Å². The molecule has 18 heavy (non-hydrogen) atoms. The van der Waals surface area contributed by atoms with E-state index in [0.717, 1.165) is 17.0 Å². The summed E-state index contributed by atoms with van der Waals surface area (Å²) in [5.74, 6) is 0.790. The number of aromatic nitrogens is 3. The zero-order valence-corrected chi connectivity index (χ0v) is 12.2. The first kappa shape index (κ1) is 13.1. The third-order valence-corrected chi connectivity index (χ3v) is 3.57. The maximum Gasteiger partial charge on any atom is 0.163 e. The highest BCUT2D eigenvalue weighted by atomic mass is 35.5. The van der Waals surface area contributed by atoms with Crippen molar-refractivity contribution in [2.45, 2.75) is 33.7 Å². The van der Waals surface area contributed by atoms with Crippen LogP contribution in [-0.4, -0.2) is 20.6 Å². The molecule has 0 spiro atoms. The fourth-order valence-electron chi connectivity index (χ4n) is 1.57. The van der Waals surface area contributed by atoms with Gasteiger partial charge in [0.15, 0.2) is 5.65 Å². The SMILES string of the molecule is C[C@H](Nc1cc(Cl)c2ncn(C)c2n1)C(C)(C)C. The highest BCUT2D eigenvalue weighted by Crippen LogP contribution is 2.26. The Bertz CT molecular complexity index is 568. The van der Waals surface area contributed by atoms with Gasteiger partial charge in [-0.3, -0.25) is 0 Å². The number of rotatable bonds is 2. The predicted molar refractivity (Wildman–Crippen MR) is 76.1 cm³/mol. The molecule has 0 amide bonds. The summed E-state index contributed by atoms with van der Waals surface area (Å²) in [5, 5.41) is 4.02. The van der Waals surface area contributed by atoms with Gasteiger partial charge in [0.1, 0.15) is 11.3 Å². The first-order valence-electron chi connectivity index (χ1n) is 6.03. The van der Waals surface area contributed by atoms with Crippen LogP contribution >= 0.6 is 11.6 Å². The number of halogens is 1. The van der Waals surface area contributed by atoms with E-state index in [1.807, 2.05) is 17.7 Å². The van der Waals surface area contributed by atoms with Crippen LogP contribution in [-0.2, 0) is 7.05 Å². The number of anilines is 1. The maximum absolute atomic E-state index is 6.22. The van der Waals surface area contributed by atoms with Crippen LogP contribution in [0.3, 0.4) is 0 Å². The summed E-state index contributed by atoms with van der Waals surface area (Å²) in [6, 6.07) is 2.13. The van der Waals surface area contributed by atoms with Crippen molar-refractivity contribution in [2.75, 3.05) is 5.32 Å². The largest absolute Gasteiger partial charge is 0.367 e. The van der Waals surface area contributed by atoms with Gasteiger partial charge in [-0.25, -0.2) is 9.97 Å². The van der Waals surface area contributed by atoms with E-state index < -0.39 is 0 Å². The lowest BCUT2D eigenvalue weighted by molar-refractivity contribution is 0.359. The van der Waals surface area contributed by atoms with E-state index in [2.05, 4.69) is 43.0 Å². The Balaban J connectivity index is 2.38. The van der Waals surface area contributed by atoms with Crippen LogP contribution in [0.15, 0.2) is 12.4 Å². The second-order valence-corrected chi connectivity index (χ2v) is 6.16. The molecule has 4 nitrogen and oxygen atoms in total. The topological polar surface area (TPSA) is 42.7 Å². The minimum atomic E-state index is 0.162. The lowest BCUT2D eigenvalue weighted by Crippen LogP contribution is -2.31. The van der Waals surface area contributed by atoms with Crippen LogP contribution in [0.1, 0.15) is 27.7 Å². The third kappa shape index (κ3) is 2.43. The van der Waals surface area contributed by atoms with Crippen molar-refractivity contribution in [3.05, 3.63) is 17.4 Å². The fourth-order valence-corrected chi connectivity index (χ4v) is 1.81. The Hall–Kier alpha value is -1.29. The summed E-state index contributed by atoms with van der Waals surface area (Å²) in [6.07, 6.45) is 1.72. The number of nitrogens with one attached hydrogen (secondary N) is 1. The summed E-state index contributed by atoms with van der Waals surface area (Å²) < 4.78 is 1.87. The second-order valence-electron chi connectivity index (χ2n) is 5.75. The third-order valence-electron chi connectivity index (χ3n) is 3.29. The molecule has 1 atom stereocenters. The van der Waals surface area contributed by atoms with E-state index in [-0.39, 0.29) is 5.41 Å². The Morgan fingerprint density at radius 3 is 2.67 bits per heavy atom. The number of fused-ring (bicyclic) bond motifs is 1. The summed E-state index contributed by atoms with van der Waals surface area (Å²) in [6.45, 7) is 8.71. The quantitative estimate of drug-likeness (QED) is 0.905. The van der Waals surface area contributed by atoms with Crippen LogP contribution in [0.4, 0.5) is 5.82 Å². The van der Waals surface area contributed by atoms with Crippen LogP contribution in [0, 0.1) is 5.41 Å². The normalized spacial score (nSPS) is 13.9. The van der Waals surface area contributed by atoms with Crippen molar-refractivity contribution in [3.8, 4) is 0 Å². The van der Waals surface area contributed by atoms with Gasteiger partial charge in [-0.1, -0.05) is 32.4 Å². The first-order chi connectivity index (χ1) is 8.29. The minimum Gasteiger partial charge on any atom is -0.367 e.